The number of nitrogens with zero attached hydrogens (tertiary/aromatic N) is 2. The molecule has 0 unspecified atom stereocenters. The van der Waals surface area contributed by atoms with Crippen molar-refractivity contribution in [1.82, 2.24) is 10.3 Å². The first kappa shape index (κ1) is 23.1. The number of aromatic nitrogens is 1. The molecule has 0 aliphatic carbocycles. The van der Waals surface area contributed by atoms with E-state index in [1.807, 2.05) is 36.4 Å². The molecule has 2 aromatic carbocycles. The van der Waals surface area contributed by atoms with Crippen LogP contribution in [0.25, 0.3) is 22.6 Å². The van der Waals surface area contributed by atoms with Crippen molar-refractivity contribution in [1.29, 1.82) is 0 Å². The molecule has 2 amide bonds. The first-order valence-electron chi connectivity index (χ1n) is 10.7. The quantitative estimate of drug-likeness (QED) is 0.361. The molecule has 8 heteroatoms. The van der Waals surface area contributed by atoms with Gasteiger partial charge in [-0.25, -0.2) is 9.78 Å². The number of fused-ring (bicyclic) bond motifs is 1. The van der Waals surface area contributed by atoms with E-state index in [0.29, 0.717) is 42.5 Å². The molecule has 0 radical (unpaired) electrons. The Morgan fingerprint density at radius 3 is 2.69 bits per heavy atom. The molecule has 1 N–H and O–H groups in total. The SMILES string of the molecule is CCOC(=O)CCCCCNC(=O)N(C)c1cc(-c2nc3ccccc3o2)ccc1OC. The number of ether oxygens (including phenoxy) is 2. The Morgan fingerprint density at radius 1 is 1.12 bits per heavy atom. The lowest BCUT2D eigenvalue weighted by Crippen LogP contribution is -2.38. The zero-order valence-corrected chi connectivity index (χ0v) is 18.7. The Balaban J connectivity index is 1.61. The molecule has 170 valence electrons. The number of benzene rings is 2. The molecule has 0 spiro atoms. The van der Waals surface area contributed by atoms with Crippen molar-refractivity contribution in [2.24, 2.45) is 0 Å². The van der Waals surface area contributed by atoms with E-state index in [2.05, 4.69) is 10.3 Å². The molecule has 32 heavy (non-hydrogen) atoms. The van der Waals surface area contributed by atoms with E-state index < -0.39 is 0 Å². The van der Waals surface area contributed by atoms with Crippen molar-refractivity contribution in [2.45, 2.75) is 32.6 Å². The topological polar surface area (TPSA) is 93.9 Å². The van der Waals surface area contributed by atoms with Crippen molar-refractivity contribution in [3.63, 3.8) is 0 Å². The normalized spacial score (nSPS) is 10.7. The number of nitrogens with one attached hydrogen (secondary N) is 1. The summed E-state index contributed by atoms with van der Waals surface area (Å²) in [6.07, 6.45) is 2.75. The molecule has 0 bridgehead atoms. The maximum Gasteiger partial charge on any atom is 0.321 e. The Morgan fingerprint density at radius 2 is 1.94 bits per heavy atom. The molecular weight excluding hydrogens is 410 g/mol. The number of esters is 1. The van der Waals surface area contributed by atoms with Gasteiger partial charge in [0.25, 0.3) is 0 Å². The van der Waals surface area contributed by atoms with E-state index >= 15 is 0 Å². The van der Waals surface area contributed by atoms with Gasteiger partial charge in [-0.05, 0) is 50.1 Å². The third-order valence-corrected chi connectivity index (χ3v) is 5.02. The minimum absolute atomic E-state index is 0.179. The van der Waals surface area contributed by atoms with Crippen molar-refractivity contribution in [3.05, 3.63) is 42.5 Å². The van der Waals surface area contributed by atoms with Crippen molar-refractivity contribution >= 4 is 28.8 Å². The standard InChI is InChI=1S/C24H29N3O5/c1-4-31-22(28)12-6-5-9-15-25-24(29)27(2)19-16-17(13-14-21(19)30-3)23-26-18-10-7-8-11-20(18)32-23/h7-8,10-11,13-14,16H,4-6,9,12,15H2,1-3H3,(H,25,29). The lowest BCUT2D eigenvalue weighted by Gasteiger charge is -2.21. The van der Waals surface area contributed by atoms with Crippen LogP contribution in [0.1, 0.15) is 32.6 Å². The zero-order chi connectivity index (χ0) is 22.9. The number of carbonyl (C=O) groups excluding carboxylic acids is 2. The van der Waals surface area contributed by atoms with E-state index in [4.69, 9.17) is 13.9 Å². The van der Waals surface area contributed by atoms with E-state index in [0.717, 1.165) is 30.3 Å². The Labute approximate surface area is 187 Å². The van der Waals surface area contributed by atoms with Crippen LogP contribution in [0.2, 0.25) is 0 Å². The maximum atomic E-state index is 12.7. The largest absolute Gasteiger partial charge is 0.495 e. The second kappa shape index (κ2) is 11.2. The molecule has 1 aromatic heterocycles. The number of hydrogen-bond acceptors (Lipinski definition) is 6. The van der Waals surface area contributed by atoms with Crippen LogP contribution in [0.5, 0.6) is 5.75 Å². The number of carbonyl (C=O) groups is 2. The highest BCUT2D eigenvalue weighted by molar-refractivity contribution is 5.94. The first-order chi connectivity index (χ1) is 15.5. The second-order valence-corrected chi connectivity index (χ2v) is 7.28. The van der Waals surface area contributed by atoms with E-state index in [1.165, 1.54) is 4.90 Å². The van der Waals surface area contributed by atoms with Gasteiger partial charge < -0.3 is 19.2 Å². The summed E-state index contributed by atoms with van der Waals surface area (Å²) in [4.78, 5) is 30.1. The molecule has 0 saturated heterocycles. The van der Waals surface area contributed by atoms with Gasteiger partial charge in [0.1, 0.15) is 11.3 Å². The van der Waals surface area contributed by atoms with Crippen LogP contribution in [0.3, 0.4) is 0 Å². The first-order valence-corrected chi connectivity index (χ1v) is 10.7. The number of hydrogen-bond donors (Lipinski definition) is 1. The molecule has 0 saturated carbocycles. The third kappa shape index (κ3) is 5.78. The monoisotopic (exact) mass is 439 g/mol. The summed E-state index contributed by atoms with van der Waals surface area (Å²) in [7, 11) is 3.25. The fraction of sp³-hybridized carbons (Fsp3) is 0.375. The van der Waals surface area contributed by atoms with Gasteiger partial charge in [-0.1, -0.05) is 18.6 Å². The van der Waals surface area contributed by atoms with E-state index in [1.54, 1.807) is 27.1 Å². The number of methoxy groups -OCH3 is 1. The average Bonchev–Trinajstić information content (AvgIpc) is 3.24. The Bertz CT molecular complexity index is 1030. The van der Waals surface area contributed by atoms with Gasteiger partial charge in [0, 0.05) is 25.6 Å². The predicted molar refractivity (Wildman–Crippen MR) is 123 cm³/mol. The molecule has 3 rings (SSSR count). The average molecular weight is 440 g/mol. The molecular formula is C24H29N3O5. The lowest BCUT2D eigenvalue weighted by molar-refractivity contribution is -0.143. The zero-order valence-electron chi connectivity index (χ0n) is 18.7. The molecule has 0 atom stereocenters. The summed E-state index contributed by atoms with van der Waals surface area (Å²) >= 11 is 0. The number of unbranched alkanes of at least 4 members (excludes halogenated alkanes) is 2. The van der Waals surface area contributed by atoms with E-state index in [-0.39, 0.29) is 12.0 Å². The van der Waals surface area contributed by atoms with Crippen molar-refractivity contribution < 1.29 is 23.5 Å². The molecule has 8 nitrogen and oxygen atoms in total. The summed E-state index contributed by atoms with van der Waals surface area (Å²) in [6, 6.07) is 12.8. The molecule has 0 aliphatic rings. The van der Waals surface area contributed by atoms with Crippen LogP contribution in [0, 0.1) is 0 Å². The van der Waals surface area contributed by atoms with Gasteiger partial charge in [0.05, 0.1) is 19.4 Å². The van der Waals surface area contributed by atoms with Crippen LogP contribution >= 0.6 is 0 Å². The van der Waals surface area contributed by atoms with Crippen molar-refractivity contribution in [3.8, 4) is 17.2 Å². The fourth-order valence-corrected chi connectivity index (χ4v) is 3.31. The highest BCUT2D eigenvalue weighted by atomic mass is 16.5. The minimum Gasteiger partial charge on any atom is -0.495 e. The van der Waals surface area contributed by atoms with Gasteiger partial charge in [0.2, 0.25) is 5.89 Å². The number of anilines is 1. The number of amides is 2. The summed E-state index contributed by atoms with van der Waals surface area (Å²) in [5.74, 6) is 0.865. The summed E-state index contributed by atoms with van der Waals surface area (Å²) in [5.41, 5.74) is 2.82. The molecule has 3 aromatic rings. The molecule has 0 aliphatic heterocycles. The highest BCUT2D eigenvalue weighted by Gasteiger charge is 2.18. The maximum absolute atomic E-state index is 12.7. The Hall–Kier alpha value is -3.55. The summed E-state index contributed by atoms with van der Waals surface area (Å²) in [5, 5.41) is 2.90. The molecule has 0 fully saturated rings. The van der Waals surface area contributed by atoms with Crippen molar-refractivity contribution in [2.75, 3.05) is 32.2 Å². The predicted octanol–water partition coefficient (Wildman–Crippen LogP) is 4.77. The third-order valence-electron chi connectivity index (χ3n) is 5.02. The Kier molecular flexibility index (Phi) is 8.08. The smallest absolute Gasteiger partial charge is 0.321 e. The lowest BCUT2D eigenvalue weighted by atomic mass is 10.1. The van der Waals surface area contributed by atoms with E-state index in [9.17, 15) is 9.59 Å². The fourth-order valence-electron chi connectivity index (χ4n) is 3.31. The second-order valence-electron chi connectivity index (χ2n) is 7.28. The number of rotatable bonds is 10. The number of para-hydroxylation sites is 2. The number of urea groups is 1. The van der Waals surface area contributed by atoms with Crippen LogP contribution in [0.4, 0.5) is 10.5 Å². The van der Waals surface area contributed by atoms with Gasteiger partial charge in [-0.2, -0.15) is 0 Å². The number of oxazole rings is 1. The van der Waals surface area contributed by atoms with Gasteiger partial charge in [0.15, 0.2) is 5.58 Å². The van der Waals surface area contributed by atoms with Gasteiger partial charge in [-0.3, -0.25) is 9.69 Å². The molecule has 1 heterocycles. The van der Waals surface area contributed by atoms with Gasteiger partial charge >= 0.3 is 12.0 Å². The minimum atomic E-state index is -0.247. The summed E-state index contributed by atoms with van der Waals surface area (Å²) < 4.78 is 16.2. The van der Waals surface area contributed by atoms with Crippen LogP contribution in [-0.4, -0.2) is 44.3 Å². The van der Waals surface area contributed by atoms with Crippen LogP contribution in [-0.2, 0) is 9.53 Å². The van der Waals surface area contributed by atoms with Crippen LogP contribution < -0.4 is 15.0 Å². The highest BCUT2D eigenvalue weighted by Crippen LogP contribution is 2.33. The van der Waals surface area contributed by atoms with Gasteiger partial charge in [-0.15, -0.1) is 0 Å². The van der Waals surface area contributed by atoms with Crippen LogP contribution in [0.15, 0.2) is 46.9 Å². The summed E-state index contributed by atoms with van der Waals surface area (Å²) in [6.45, 7) is 2.71.